The van der Waals surface area contributed by atoms with Crippen LogP contribution in [-0.4, -0.2) is 26.0 Å². The number of benzene rings is 1. The van der Waals surface area contributed by atoms with Gasteiger partial charge in [0.25, 0.3) is 5.91 Å². The van der Waals surface area contributed by atoms with Gasteiger partial charge in [-0.2, -0.15) is 0 Å². The summed E-state index contributed by atoms with van der Waals surface area (Å²) in [5.74, 6) is 0.468. The Bertz CT molecular complexity index is 361. The molecule has 94 valence electrons. The summed E-state index contributed by atoms with van der Waals surface area (Å²) in [6.45, 7) is 5.89. The van der Waals surface area contributed by atoms with Gasteiger partial charge < -0.3 is 10.6 Å². The van der Waals surface area contributed by atoms with Crippen molar-refractivity contribution in [2.75, 3.05) is 20.1 Å². The van der Waals surface area contributed by atoms with Crippen molar-refractivity contribution >= 4 is 5.91 Å². The van der Waals surface area contributed by atoms with E-state index in [4.69, 9.17) is 0 Å². The predicted molar refractivity (Wildman–Crippen MR) is 71.4 cm³/mol. The van der Waals surface area contributed by atoms with Crippen molar-refractivity contribution in [2.45, 2.75) is 26.2 Å². The van der Waals surface area contributed by atoms with Gasteiger partial charge in [-0.15, -0.1) is 0 Å². The summed E-state index contributed by atoms with van der Waals surface area (Å²) < 4.78 is 0. The smallest absolute Gasteiger partial charge is 0.251 e. The molecule has 17 heavy (non-hydrogen) atoms. The average molecular weight is 234 g/mol. The summed E-state index contributed by atoms with van der Waals surface area (Å²) in [6.07, 6.45) is 0.951. The Balaban J connectivity index is 2.53. The molecule has 1 rings (SSSR count). The summed E-state index contributed by atoms with van der Waals surface area (Å²) in [6, 6.07) is 7.83. The molecule has 0 aliphatic rings. The second-order valence-corrected chi connectivity index (χ2v) is 4.49. The molecule has 0 aliphatic heterocycles. The van der Waals surface area contributed by atoms with Crippen LogP contribution in [0.4, 0.5) is 0 Å². The van der Waals surface area contributed by atoms with Crippen LogP contribution in [0.15, 0.2) is 24.3 Å². The van der Waals surface area contributed by atoms with Gasteiger partial charge in [-0.1, -0.05) is 26.0 Å². The Morgan fingerprint density at radius 2 is 2.06 bits per heavy atom. The van der Waals surface area contributed by atoms with E-state index in [-0.39, 0.29) is 5.91 Å². The molecule has 0 bridgehead atoms. The van der Waals surface area contributed by atoms with Crippen molar-refractivity contribution in [3.05, 3.63) is 35.4 Å². The highest BCUT2D eigenvalue weighted by Crippen LogP contribution is 2.15. The maximum absolute atomic E-state index is 11.9. The third kappa shape index (κ3) is 4.57. The molecule has 1 amide bonds. The Morgan fingerprint density at radius 1 is 1.29 bits per heavy atom. The second-order valence-electron chi connectivity index (χ2n) is 4.49. The monoisotopic (exact) mass is 234 g/mol. The normalized spacial score (nSPS) is 10.6. The minimum Gasteiger partial charge on any atom is -0.352 e. The summed E-state index contributed by atoms with van der Waals surface area (Å²) >= 11 is 0. The van der Waals surface area contributed by atoms with Crippen LogP contribution in [0.3, 0.4) is 0 Å². The molecule has 0 atom stereocenters. The summed E-state index contributed by atoms with van der Waals surface area (Å²) in [5, 5.41) is 5.97. The van der Waals surface area contributed by atoms with Gasteiger partial charge in [0, 0.05) is 12.1 Å². The van der Waals surface area contributed by atoms with Crippen molar-refractivity contribution in [1.29, 1.82) is 0 Å². The minimum absolute atomic E-state index is 0.0172. The number of carbonyl (C=O) groups excluding carboxylic acids is 1. The number of carbonyl (C=O) groups is 1. The molecule has 3 nitrogen and oxygen atoms in total. The Labute approximate surface area is 104 Å². The van der Waals surface area contributed by atoms with Crippen molar-refractivity contribution in [3.8, 4) is 0 Å². The number of hydrogen-bond acceptors (Lipinski definition) is 2. The minimum atomic E-state index is 0.0172. The zero-order chi connectivity index (χ0) is 12.7. The Kier molecular flexibility index (Phi) is 5.70. The fourth-order valence-corrected chi connectivity index (χ4v) is 1.61. The first-order valence-corrected chi connectivity index (χ1v) is 6.18. The molecule has 0 radical (unpaired) electrons. The SMILES string of the molecule is CNCCCNC(=O)c1cccc(C(C)C)c1. The number of amides is 1. The van der Waals surface area contributed by atoms with E-state index in [1.807, 2.05) is 25.2 Å². The van der Waals surface area contributed by atoms with Crippen molar-refractivity contribution < 1.29 is 4.79 Å². The van der Waals surface area contributed by atoms with E-state index in [0.717, 1.165) is 18.5 Å². The van der Waals surface area contributed by atoms with Crippen LogP contribution in [0.5, 0.6) is 0 Å². The lowest BCUT2D eigenvalue weighted by molar-refractivity contribution is 0.0953. The molecule has 0 spiro atoms. The first-order chi connectivity index (χ1) is 8.15. The molecular formula is C14H22N2O. The molecule has 0 saturated heterocycles. The van der Waals surface area contributed by atoms with Gasteiger partial charge in [-0.3, -0.25) is 4.79 Å². The van der Waals surface area contributed by atoms with Gasteiger partial charge in [0.2, 0.25) is 0 Å². The fourth-order valence-electron chi connectivity index (χ4n) is 1.61. The quantitative estimate of drug-likeness (QED) is 0.740. The summed E-state index contributed by atoms with van der Waals surface area (Å²) in [7, 11) is 1.91. The van der Waals surface area contributed by atoms with Crippen molar-refractivity contribution in [3.63, 3.8) is 0 Å². The highest BCUT2D eigenvalue weighted by atomic mass is 16.1. The van der Waals surface area contributed by atoms with Crippen LogP contribution >= 0.6 is 0 Å². The molecule has 0 saturated carbocycles. The summed E-state index contributed by atoms with van der Waals surface area (Å²) in [5.41, 5.74) is 1.95. The van der Waals surface area contributed by atoms with E-state index in [0.29, 0.717) is 12.5 Å². The number of hydrogen-bond donors (Lipinski definition) is 2. The standard InChI is InChI=1S/C14H22N2O/c1-11(2)12-6-4-7-13(10-12)14(17)16-9-5-8-15-3/h4,6-7,10-11,15H,5,8-9H2,1-3H3,(H,16,17). The van der Waals surface area contributed by atoms with Gasteiger partial charge in [0.15, 0.2) is 0 Å². The lowest BCUT2D eigenvalue weighted by Crippen LogP contribution is -2.26. The van der Waals surface area contributed by atoms with Crippen LogP contribution in [-0.2, 0) is 0 Å². The summed E-state index contributed by atoms with van der Waals surface area (Å²) in [4.78, 5) is 11.9. The van der Waals surface area contributed by atoms with Gasteiger partial charge in [0.05, 0.1) is 0 Å². The lowest BCUT2D eigenvalue weighted by Gasteiger charge is -2.08. The molecule has 0 aliphatic carbocycles. The molecule has 0 unspecified atom stereocenters. The Morgan fingerprint density at radius 3 is 2.71 bits per heavy atom. The van der Waals surface area contributed by atoms with E-state index in [1.54, 1.807) is 0 Å². The molecule has 0 aromatic heterocycles. The van der Waals surface area contributed by atoms with Gasteiger partial charge in [0.1, 0.15) is 0 Å². The van der Waals surface area contributed by atoms with Crippen LogP contribution in [0, 0.1) is 0 Å². The third-order valence-electron chi connectivity index (χ3n) is 2.70. The number of nitrogens with one attached hydrogen (secondary N) is 2. The molecule has 0 fully saturated rings. The van der Waals surface area contributed by atoms with Crippen LogP contribution in [0.2, 0.25) is 0 Å². The number of rotatable bonds is 6. The molecule has 1 aromatic rings. The van der Waals surface area contributed by atoms with E-state index in [9.17, 15) is 4.79 Å². The van der Waals surface area contributed by atoms with E-state index < -0.39 is 0 Å². The van der Waals surface area contributed by atoms with Crippen molar-refractivity contribution in [2.24, 2.45) is 0 Å². The molecular weight excluding hydrogens is 212 g/mol. The zero-order valence-corrected chi connectivity index (χ0v) is 10.9. The Hall–Kier alpha value is -1.35. The van der Waals surface area contributed by atoms with Crippen LogP contribution in [0.25, 0.3) is 0 Å². The van der Waals surface area contributed by atoms with E-state index in [2.05, 4.69) is 30.5 Å². The maximum atomic E-state index is 11.9. The highest BCUT2D eigenvalue weighted by molar-refractivity contribution is 5.94. The first-order valence-electron chi connectivity index (χ1n) is 6.18. The maximum Gasteiger partial charge on any atom is 0.251 e. The predicted octanol–water partition coefficient (Wildman–Crippen LogP) is 2.15. The van der Waals surface area contributed by atoms with Crippen molar-refractivity contribution in [1.82, 2.24) is 10.6 Å². The van der Waals surface area contributed by atoms with Gasteiger partial charge >= 0.3 is 0 Å². The fraction of sp³-hybridized carbons (Fsp3) is 0.500. The third-order valence-corrected chi connectivity index (χ3v) is 2.70. The zero-order valence-electron chi connectivity index (χ0n) is 10.9. The molecule has 2 N–H and O–H groups in total. The van der Waals surface area contributed by atoms with E-state index >= 15 is 0 Å². The largest absolute Gasteiger partial charge is 0.352 e. The van der Waals surface area contributed by atoms with Gasteiger partial charge in [-0.25, -0.2) is 0 Å². The topological polar surface area (TPSA) is 41.1 Å². The van der Waals surface area contributed by atoms with Gasteiger partial charge in [-0.05, 0) is 43.6 Å². The average Bonchev–Trinajstić information content (AvgIpc) is 2.34. The second kappa shape index (κ2) is 7.07. The van der Waals surface area contributed by atoms with Crippen LogP contribution in [0.1, 0.15) is 42.1 Å². The van der Waals surface area contributed by atoms with Crippen LogP contribution < -0.4 is 10.6 Å². The lowest BCUT2D eigenvalue weighted by atomic mass is 10.0. The van der Waals surface area contributed by atoms with E-state index in [1.165, 1.54) is 5.56 Å². The highest BCUT2D eigenvalue weighted by Gasteiger charge is 2.06. The molecule has 3 heteroatoms. The molecule has 0 heterocycles. The first kappa shape index (κ1) is 13.7. The molecule has 1 aromatic carbocycles.